The molecule has 1 aromatic carbocycles. The van der Waals surface area contributed by atoms with Gasteiger partial charge < -0.3 is 0 Å². The summed E-state index contributed by atoms with van der Waals surface area (Å²) in [7, 11) is 0. The quantitative estimate of drug-likeness (QED) is 0.563. The van der Waals surface area contributed by atoms with E-state index in [0.717, 1.165) is 24.8 Å². The number of halogens is 1. The van der Waals surface area contributed by atoms with Crippen LogP contribution in [0.2, 0.25) is 0 Å². The molecule has 0 aliphatic heterocycles. The highest BCUT2D eigenvalue weighted by Gasteiger charge is 2.19. The zero-order valence-electron chi connectivity index (χ0n) is 12.1. The van der Waals surface area contributed by atoms with Gasteiger partial charge in [0.15, 0.2) is 0 Å². The third-order valence-corrected chi connectivity index (χ3v) is 3.60. The second-order valence-corrected chi connectivity index (χ2v) is 5.51. The largest absolute Gasteiger partial charge is 0.239 e. The molecule has 0 aromatic heterocycles. The molecule has 0 aliphatic carbocycles. The smallest absolute Gasteiger partial charge is 0.130 e. The summed E-state index contributed by atoms with van der Waals surface area (Å²) in [5.74, 6) is 0.509. The van der Waals surface area contributed by atoms with E-state index in [0.29, 0.717) is 5.92 Å². The SMILES string of the molecule is C=C(CC)CC(CC)c1ccc(C(C)(C)F)cc1. The monoisotopic (exact) mass is 248 g/mol. The zero-order chi connectivity index (χ0) is 13.8. The molecule has 0 nitrogen and oxygen atoms in total. The third-order valence-electron chi connectivity index (χ3n) is 3.60. The van der Waals surface area contributed by atoms with Crippen LogP contribution in [-0.2, 0) is 5.67 Å². The van der Waals surface area contributed by atoms with Gasteiger partial charge in [0.2, 0.25) is 0 Å². The van der Waals surface area contributed by atoms with Gasteiger partial charge in [-0.1, -0.05) is 50.3 Å². The Kier molecular flexibility index (Phi) is 5.13. The van der Waals surface area contributed by atoms with Crippen molar-refractivity contribution < 1.29 is 4.39 Å². The van der Waals surface area contributed by atoms with Crippen LogP contribution < -0.4 is 0 Å². The molecule has 0 fully saturated rings. The van der Waals surface area contributed by atoms with E-state index in [2.05, 4.69) is 32.6 Å². The maximum atomic E-state index is 13.8. The van der Waals surface area contributed by atoms with Crippen LogP contribution in [0.4, 0.5) is 4.39 Å². The van der Waals surface area contributed by atoms with Crippen LogP contribution in [0.15, 0.2) is 36.4 Å². The second kappa shape index (κ2) is 6.17. The number of hydrogen-bond donors (Lipinski definition) is 0. The van der Waals surface area contributed by atoms with E-state index in [1.165, 1.54) is 11.1 Å². The molecule has 1 atom stereocenters. The Balaban J connectivity index is 2.85. The summed E-state index contributed by atoms with van der Waals surface area (Å²) in [6.07, 6.45) is 3.16. The molecule has 0 N–H and O–H groups in total. The number of benzene rings is 1. The number of rotatable bonds is 6. The van der Waals surface area contributed by atoms with E-state index in [4.69, 9.17) is 0 Å². The highest BCUT2D eigenvalue weighted by atomic mass is 19.1. The van der Waals surface area contributed by atoms with Gasteiger partial charge in [-0.25, -0.2) is 4.39 Å². The van der Waals surface area contributed by atoms with Gasteiger partial charge in [0, 0.05) is 0 Å². The fourth-order valence-corrected chi connectivity index (χ4v) is 2.14. The van der Waals surface area contributed by atoms with Gasteiger partial charge in [0.1, 0.15) is 5.67 Å². The van der Waals surface area contributed by atoms with Crippen molar-refractivity contribution in [1.29, 1.82) is 0 Å². The van der Waals surface area contributed by atoms with Crippen LogP contribution >= 0.6 is 0 Å². The molecule has 0 spiro atoms. The second-order valence-electron chi connectivity index (χ2n) is 5.51. The van der Waals surface area contributed by atoms with Crippen molar-refractivity contribution in [3.63, 3.8) is 0 Å². The van der Waals surface area contributed by atoms with Crippen LogP contribution in [0.3, 0.4) is 0 Å². The zero-order valence-corrected chi connectivity index (χ0v) is 12.1. The molecular formula is C17H25F. The summed E-state index contributed by atoms with van der Waals surface area (Å²) in [4.78, 5) is 0. The number of allylic oxidation sites excluding steroid dienone is 1. The lowest BCUT2D eigenvalue weighted by molar-refractivity contribution is 0.221. The topological polar surface area (TPSA) is 0 Å². The summed E-state index contributed by atoms with van der Waals surface area (Å²) >= 11 is 0. The maximum absolute atomic E-state index is 13.8. The number of alkyl halides is 1. The van der Waals surface area contributed by atoms with Crippen molar-refractivity contribution in [3.8, 4) is 0 Å². The molecule has 0 amide bonds. The molecule has 1 heteroatoms. The Morgan fingerprint density at radius 1 is 1.22 bits per heavy atom. The van der Waals surface area contributed by atoms with Gasteiger partial charge in [0.05, 0.1) is 0 Å². The van der Waals surface area contributed by atoms with Crippen molar-refractivity contribution in [2.75, 3.05) is 0 Å². The van der Waals surface area contributed by atoms with Crippen molar-refractivity contribution in [2.45, 2.75) is 58.5 Å². The lowest BCUT2D eigenvalue weighted by Crippen LogP contribution is -2.09. The third kappa shape index (κ3) is 3.97. The van der Waals surface area contributed by atoms with Crippen LogP contribution in [0.5, 0.6) is 0 Å². The Bertz CT molecular complexity index is 381. The van der Waals surface area contributed by atoms with Gasteiger partial charge in [-0.2, -0.15) is 0 Å². The summed E-state index contributed by atoms with van der Waals surface area (Å²) in [5, 5.41) is 0. The van der Waals surface area contributed by atoms with E-state index in [9.17, 15) is 4.39 Å². The standard InChI is InChI=1S/C17H25F/c1-6-13(3)12-14(7-2)15-8-10-16(11-9-15)17(4,5)18/h8-11,14H,3,6-7,12H2,1-2,4-5H3. The van der Waals surface area contributed by atoms with Gasteiger partial charge in [-0.3, -0.25) is 0 Å². The Labute approximate surface area is 111 Å². The molecule has 0 aliphatic rings. The normalized spacial score (nSPS) is 13.4. The fraction of sp³-hybridized carbons (Fsp3) is 0.529. The minimum Gasteiger partial charge on any atom is -0.239 e. The highest BCUT2D eigenvalue weighted by molar-refractivity contribution is 5.29. The average Bonchev–Trinajstić information content (AvgIpc) is 2.34. The van der Waals surface area contributed by atoms with Crippen LogP contribution in [0.1, 0.15) is 64.0 Å². The van der Waals surface area contributed by atoms with Crippen LogP contribution in [0.25, 0.3) is 0 Å². The molecule has 18 heavy (non-hydrogen) atoms. The maximum Gasteiger partial charge on any atom is 0.130 e. The molecule has 0 saturated heterocycles. The average molecular weight is 248 g/mol. The van der Waals surface area contributed by atoms with Crippen molar-refractivity contribution >= 4 is 0 Å². The molecule has 0 bridgehead atoms. The van der Waals surface area contributed by atoms with Crippen LogP contribution in [0, 0.1) is 0 Å². The molecule has 100 valence electrons. The minimum absolute atomic E-state index is 0.509. The van der Waals surface area contributed by atoms with E-state index >= 15 is 0 Å². The van der Waals surface area contributed by atoms with Crippen molar-refractivity contribution in [1.82, 2.24) is 0 Å². The summed E-state index contributed by atoms with van der Waals surface area (Å²) < 4.78 is 13.8. The van der Waals surface area contributed by atoms with Crippen molar-refractivity contribution in [3.05, 3.63) is 47.5 Å². The first-order valence-corrected chi connectivity index (χ1v) is 6.84. The highest BCUT2D eigenvalue weighted by Crippen LogP contribution is 2.30. The van der Waals surface area contributed by atoms with Gasteiger partial charge in [0.25, 0.3) is 0 Å². The summed E-state index contributed by atoms with van der Waals surface area (Å²) in [6, 6.07) is 7.95. The number of hydrogen-bond acceptors (Lipinski definition) is 0. The Morgan fingerprint density at radius 3 is 2.17 bits per heavy atom. The molecule has 1 unspecified atom stereocenters. The summed E-state index contributed by atoms with van der Waals surface area (Å²) in [5.41, 5.74) is 2.07. The van der Waals surface area contributed by atoms with Gasteiger partial charge >= 0.3 is 0 Å². The van der Waals surface area contributed by atoms with Crippen molar-refractivity contribution in [2.24, 2.45) is 0 Å². The predicted octanol–water partition coefficient (Wildman–Crippen LogP) is 5.74. The fourth-order valence-electron chi connectivity index (χ4n) is 2.14. The molecule has 1 rings (SSSR count). The first-order valence-electron chi connectivity index (χ1n) is 6.84. The molecule has 0 heterocycles. The first-order chi connectivity index (χ1) is 8.38. The van der Waals surface area contributed by atoms with E-state index in [-0.39, 0.29) is 0 Å². The van der Waals surface area contributed by atoms with E-state index in [1.807, 2.05) is 12.1 Å². The predicted molar refractivity (Wildman–Crippen MR) is 77.7 cm³/mol. The van der Waals surface area contributed by atoms with Gasteiger partial charge in [-0.05, 0) is 50.2 Å². The molecule has 1 aromatic rings. The Hall–Kier alpha value is -1.11. The lowest BCUT2D eigenvalue weighted by atomic mass is 9.88. The lowest BCUT2D eigenvalue weighted by Gasteiger charge is -2.19. The Morgan fingerprint density at radius 2 is 1.78 bits per heavy atom. The molecular weight excluding hydrogens is 223 g/mol. The van der Waals surface area contributed by atoms with Crippen LogP contribution in [-0.4, -0.2) is 0 Å². The molecule has 0 radical (unpaired) electrons. The minimum atomic E-state index is -1.26. The summed E-state index contributed by atoms with van der Waals surface area (Å²) in [6.45, 7) is 11.6. The molecule has 0 saturated carbocycles. The van der Waals surface area contributed by atoms with Gasteiger partial charge in [-0.15, -0.1) is 0 Å². The van der Waals surface area contributed by atoms with E-state index in [1.54, 1.807) is 13.8 Å². The van der Waals surface area contributed by atoms with E-state index < -0.39 is 5.67 Å². The first kappa shape index (κ1) is 14.9.